The summed E-state index contributed by atoms with van der Waals surface area (Å²) in [5.74, 6) is -0.414. The topological polar surface area (TPSA) is 75.0 Å². The zero-order chi connectivity index (χ0) is 23.0. The SMILES string of the molecule is CCOC(=O)c1ccccc1NC=C(C#N)c1nc(-c2ccc(-c3ccccc3)cc2)cs1. The van der Waals surface area contributed by atoms with Gasteiger partial charge in [-0.05, 0) is 30.2 Å². The molecule has 4 rings (SSSR count). The van der Waals surface area contributed by atoms with Crippen LogP contribution in [-0.4, -0.2) is 17.6 Å². The first-order chi connectivity index (χ1) is 16.2. The average molecular weight is 452 g/mol. The zero-order valence-corrected chi connectivity index (χ0v) is 18.8. The highest BCUT2D eigenvalue weighted by molar-refractivity contribution is 7.11. The molecule has 1 N–H and O–H groups in total. The second-order valence-electron chi connectivity index (χ2n) is 7.06. The largest absolute Gasteiger partial charge is 0.462 e. The number of thiazole rings is 1. The summed E-state index contributed by atoms with van der Waals surface area (Å²) in [5.41, 5.74) is 5.44. The number of allylic oxidation sites excluding steroid dienone is 1. The molecule has 5 nitrogen and oxygen atoms in total. The van der Waals surface area contributed by atoms with E-state index in [1.807, 2.05) is 41.8 Å². The van der Waals surface area contributed by atoms with E-state index >= 15 is 0 Å². The molecule has 1 heterocycles. The van der Waals surface area contributed by atoms with Crippen LogP contribution in [0.25, 0.3) is 28.0 Å². The van der Waals surface area contributed by atoms with Crippen molar-refractivity contribution >= 4 is 28.6 Å². The lowest BCUT2D eigenvalue weighted by Gasteiger charge is -2.08. The van der Waals surface area contributed by atoms with E-state index in [9.17, 15) is 10.1 Å². The number of nitrogens with one attached hydrogen (secondary N) is 1. The summed E-state index contributed by atoms with van der Waals surface area (Å²) in [6, 6.07) is 27.6. The van der Waals surface area contributed by atoms with Gasteiger partial charge in [0.15, 0.2) is 0 Å². The second kappa shape index (κ2) is 10.4. The van der Waals surface area contributed by atoms with Crippen molar-refractivity contribution in [2.45, 2.75) is 6.92 Å². The molecule has 0 bridgehead atoms. The molecule has 0 aliphatic rings. The molecule has 162 valence electrons. The van der Waals surface area contributed by atoms with Gasteiger partial charge in [-0.1, -0.05) is 66.7 Å². The molecule has 0 radical (unpaired) electrons. The highest BCUT2D eigenvalue weighted by Gasteiger charge is 2.13. The van der Waals surface area contributed by atoms with Crippen molar-refractivity contribution in [1.82, 2.24) is 4.98 Å². The van der Waals surface area contributed by atoms with Crippen LogP contribution in [-0.2, 0) is 4.74 Å². The standard InChI is InChI=1S/C27H21N3O2S/c1-2-32-27(31)23-10-6-7-11-24(23)29-17-22(16-28)26-30-25(18-33-26)21-14-12-20(13-15-21)19-8-4-3-5-9-19/h3-15,17-18,29H,2H2,1H3. The van der Waals surface area contributed by atoms with Crippen LogP contribution in [0.5, 0.6) is 0 Å². The van der Waals surface area contributed by atoms with Crippen molar-refractivity contribution in [2.75, 3.05) is 11.9 Å². The van der Waals surface area contributed by atoms with Gasteiger partial charge in [0.25, 0.3) is 0 Å². The Morgan fingerprint density at radius 2 is 1.67 bits per heavy atom. The first-order valence-corrected chi connectivity index (χ1v) is 11.3. The highest BCUT2D eigenvalue weighted by atomic mass is 32.1. The molecule has 3 aromatic carbocycles. The maximum absolute atomic E-state index is 12.2. The third kappa shape index (κ3) is 5.17. The molecule has 0 saturated heterocycles. The lowest BCUT2D eigenvalue weighted by atomic mass is 10.0. The number of carbonyl (C=O) groups is 1. The fourth-order valence-electron chi connectivity index (χ4n) is 3.28. The zero-order valence-electron chi connectivity index (χ0n) is 18.0. The van der Waals surface area contributed by atoms with E-state index in [0.717, 1.165) is 22.4 Å². The van der Waals surface area contributed by atoms with Crippen molar-refractivity contribution in [3.63, 3.8) is 0 Å². The van der Waals surface area contributed by atoms with E-state index in [-0.39, 0.29) is 0 Å². The number of nitrogens with zero attached hydrogens (tertiary/aromatic N) is 2. The number of hydrogen-bond acceptors (Lipinski definition) is 6. The molecule has 0 aliphatic carbocycles. The Balaban J connectivity index is 1.53. The van der Waals surface area contributed by atoms with Gasteiger partial charge in [0, 0.05) is 17.1 Å². The molecule has 0 saturated carbocycles. The molecule has 6 heteroatoms. The third-order valence-corrected chi connectivity index (χ3v) is 5.81. The summed E-state index contributed by atoms with van der Waals surface area (Å²) in [6.07, 6.45) is 1.57. The molecule has 0 aliphatic heterocycles. The summed E-state index contributed by atoms with van der Waals surface area (Å²) < 4.78 is 5.10. The number of benzene rings is 3. The minimum Gasteiger partial charge on any atom is -0.462 e. The van der Waals surface area contributed by atoms with E-state index in [1.54, 1.807) is 31.3 Å². The van der Waals surface area contributed by atoms with Crippen LogP contribution in [0.2, 0.25) is 0 Å². The van der Waals surface area contributed by atoms with Crippen LogP contribution in [0.1, 0.15) is 22.3 Å². The van der Waals surface area contributed by atoms with Gasteiger partial charge in [-0.25, -0.2) is 9.78 Å². The van der Waals surface area contributed by atoms with Crippen LogP contribution in [0.3, 0.4) is 0 Å². The number of hydrogen-bond donors (Lipinski definition) is 1. The fourth-order valence-corrected chi connectivity index (χ4v) is 4.08. The number of aromatic nitrogens is 1. The Morgan fingerprint density at radius 3 is 2.39 bits per heavy atom. The molecule has 0 amide bonds. The van der Waals surface area contributed by atoms with Crippen molar-refractivity contribution in [3.8, 4) is 28.5 Å². The smallest absolute Gasteiger partial charge is 0.340 e. The lowest BCUT2D eigenvalue weighted by molar-refractivity contribution is 0.0527. The Kier molecular flexibility index (Phi) is 6.93. The minimum absolute atomic E-state index is 0.292. The average Bonchev–Trinajstić information content (AvgIpc) is 3.36. The predicted octanol–water partition coefficient (Wildman–Crippen LogP) is 6.63. The number of rotatable bonds is 7. The number of esters is 1. The van der Waals surface area contributed by atoms with Crippen LogP contribution in [0.15, 0.2) is 90.4 Å². The van der Waals surface area contributed by atoms with Gasteiger partial charge in [-0.2, -0.15) is 5.26 Å². The maximum atomic E-state index is 12.2. The molecule has 0 atom stereocenters. The Hall–Kier alpha value is -4.21. The van der Waals surface area contributed by atoms with Gasteiger partial charge in [-0.3, -0.25) is 0 Å². The Morgan fingerprint density at radius 1 is 1.00 bits per heavy atom. The molecule has 0 unspecified atom stereocenters. The Labute approximate surface area is 196 Å². The quantitative estimate of drug-likeness (QED) is 0.252. The molecular weight excluding hydrogens is 430 g/mol. The highest BCUT2D eigenvalue weighted by Crippen LogP contribution is 2.28. The monoisotopic (exact) mass is 451 g/mol. The van der Waals surface area contributed by atoms with Crippen molar-refractivity contribution in [2.24, 2.45) is 0 Å². The number of para-hydroxylation sites is 1. The van der Waals surface area contributed by atoms with E-state index in [4.69, 9.17) is 4.74 Å². The Bertz CT molecular complexity index is 1320. The molecular formula is C27H21N3O2S. The van der Waals surface area contributed by atoms with E-state index in [2.05, 4.69) is 40.6 Å². The van der Waals surface area contributed by atoms with Gasteiger partial charge >= 0.3 is 5.97 Å². The number of ether oxygens (including phenoxy) is 1. The minimum atomic E-state index is -0.414. The second-order valence-corrected chi connectivity index (χ2v) is 7.92. The van der Waals surface area contributed by atoms with Crippen molar-refractivity contribution < 1.29 is 9.53 Å². The first kappa shape index (κ1) is 22.0. The van der Waals surface area contributed by atoms with Crippen LogP contribution >= 0.6 is 11.3 Å². The van der Waals surface area contributed by atoms with E-state index in [0.29, 0.717) is 28.4 Å². The van der Waals surface area contributed by atoms with E-state index in [1.165, 1.54) is 11.3 Å². The van der Waals surface area contributed by atoms with Crippen LogP contribution in [0, 0.1) is 11.3 Å². The van der Waals surface area contributed by atoms with Gasteiger partial charge in [0.1, 0.15) is 16.6 Å². The summed E-state index contributed by atoms with van der Waals surface area (Å²) in [5, 5.41) is 15.3. The number of anilines is 1. The summed E-state index contributed by atoms with van der Waals surface area (Å²) in [7, 11) is 0. The van der Waals surface area contributed by atoms with Crippen molar-refractivity contribution in [1.29, 1.82) is 5.26 Å². The normalized spacial score (nSPS) is 11.0. The molecule has 0 spiro atoms. The van der Waals surface area contributed by atoms with Crippen LogP contribution in [0.4, 0.5) is 5.69 Å². The van der Waals surface area contributed by atoms with Gasteiger partial charge in [0.05, 0.1) is 23.6 Å². The first-order valence-electron chi connectivity index (χ1n) is 10.4. The van der Waals surface area contributed by atoms with Gasteiger partial charge < -0.3 is 10.1 Å². The van der Waals surface area contributed by atoms with E-state index < -0.39 is 5.97 Å². The molecule has 0 fully saturated rings. The fraction of sp³-hybridized carbons (Fsp3) is 0.0741. The molecule has 4 aromatic rings. The number of carbonyl (C=O) groups excluding carboxylic acids is 1. The third-order valence-electron chi connectivity index (χ3n) is 4.94. The predicted molar refractivity (Wildman–Crippen MR) is 133 cm³/mol. The lowest BCUT2D eigenvalue weighted by Crippen LogP contribution is -2.07. The van der Waals surface area contributed by atoms with Gasteiger partial charge in [-0.15, -0.1) is 11.3 Å². The number of nitriles is 1. The molecule has 33 heavy (non-hydrogen) atoms. The summed E-state index contributed by atoms with van der Waals surface area (Å²) in [4.78, 5) is 16.8. The van der Waals surface area contributed by atoms with Crippen LogP contribution < -0.4 is 5.32 Å². The molecule has 1 aromatic heterocycles. The summed E-state index contributed by atoms with van der Waals surface area (Å²) in [6.45, 7) is 2.05. The van der Waals surface area contributed by atoms with Crippen molar-refractivity contribution in [3.05, 3.63) is 101 Å². The summed E-state index contributed by atoms with van der Waals surface area (Å²) >= 11 is 1.40. The van der Waals surface area contributed by atoms with Gasteiger partial charge in [0.2, 0.25) is 0 Å². The maximum Gasteiger partial charge on any atom is 0.340 e.